The van der Waals surface area contributed by atoms with E-state index in [-0.39, 0.29) is 23.1 Å². The van der Waals surface area contributed by atoms with Crippen molar-refractivity contribution in [2.24, 2.45) is 0 Å². The molecule has 230 valence electrons. The first kappa shape index (κ1) is 34.1. The second kappa shape index (κ2) is 17.6. The summed E-state index contributed by atoms with van der Waals surface area (Å²) in [5.74, 6) is 0. The van der Waals surface area contributed by atoms with Crippen LogP contribution in [0.15, 0.2) is 95.9 Å². The number of ether oxygens (including phenoxy) is 4. The second-order valence-electron chi connectivity index (χ2n) is 10.6. The minimum absolute atomic E-state index is 0.0523. The fraction of sp³-hybridized carbons (Fsp3) is 0.438. The van der Waals surface area contributed by atoms with Crippen LogP contribution < -0.4 is 10.4 Å². The highest BCUT2D eigenvalue weighted by atomic mass is 32.2. The van der Waals surface area contributed by atoms with Crippen LogP contribution in [0.1, 0.15) is 20.8 Å². The van der Waals surface area contributed by atoms with Crippen LogP contribution in [0.25, 0.3) is 0 Å². The van der Waals surface area contributed by atoms with Crippen molar-refractivity contribution in [3.05, 3.63) is 91.0 Å². The lowest BCUT2D eigenvalue weighted by Gasteiger charge is -2.43. The molecule has 0 bridgehead atoms. The molecular formula is C32H44O8SSi. The minimum Gasteiger partial charge on any atom is -0.405 e. The molecule has 3 aromatic rings. The van der Waals surface area contributed by atoms with Crippen LogP contribution in [0.2, 0.25) is 5.04 Å². The molecule has 3 rings (SSSR count). The Bertz CT molecular complexity index is 1200. The maximum Gasteiger partial charge on any atom is 0.297 e. The van der Waals surface area contributed by atoms with Gasteiger partial charge in [0.2, 0.25) is 0 Å². The molecule has 0 saturated carbocycles. The predicted octanol–water partition coefficient (Wildman–Crippen LogP) is 4.03. The minimum atomic E-state index is -3.76. The molecule has 10 heteroatoms. The number of hydrogen-bond donors (Lipinski definition) is 0. The van der Waals surface area contributed by atoms with E-state index in [0.717, 1.165) is 0 Å². The summed E-state index contributed by atoms with van der Waals surface area (Å²) in [6, 6.07) is 29.2. The van der Waals surface area contributed by atoms with Gasteiger partial charge in [-0.25, -0.2) is 0 Å². The van der Waals surface area contributed by atoms with Gasteiger partial charge in [-0.3, -0.25) is 4.18 Å². The van der Waals surface area contributed by atoms with Gasteiger partial charge in [-0.2, -0.15) is 8.42 Å². The molecular weight excluding hydrogens is 572 g/mol. The molecule has 0 radical (unpaired) electrons. The van der Waals surface area contributed by atoms with Crippen molar-refractivity contribution in [1.82, 2.24) is 0 Å². The third-order valence-electron chi connectivity index (χ3n) is 6.58. The highest BCUT2D eigenvalue weighted by Gasteiger charge is 2.49. The van der Waals surface area contributed by atoms with Crippen molar-refractivity contribution in [1.29, 1.82) is 0 Å². The van der Waals surface area contributed by atoms with Crippen LogP contribution in [-0.4, -0.2) is 82.8 Å². The molecule has 42 heavy (non-hydrogen) atoms. The average molecular weight is 617 g/mol. The number of hydrogen-bond acceptors (Lipinski definition) is 8. The summed E-state index contributed by atoms with van der Waals surface area (Å²) in [5.41, 5.74) is 0. The number of rotatable bonds is 20. The van der Waals surface area contributed by atoms with Crippen LogP contribution in [0, 0.1) is 0 Å². The van der Waals surface area contributed by atoms with Gasteiger partial charge in [-0.1, -0.05) is 99.6 Å². The Labute approximate surface area is 252 Å². The van der Waals surface area contributed by atoms with E-state index in [1.807, 2.05) is 12.1 Å². The molecule has 0 unspecified atom stereocenters. The SMILES string of the molecule is CC(C)(C)[Si](OCCOCCOCCOCCOCCOS(=O)(=O)c1ccccc1)(c1ccccc1)c1ccccc1. The monoisotopic (exact) mass is 616 g/mol. The van der Waals surface area contributed by atoms with E-state index < -0.39 is 18.4 Å². The van der Waals surface area contributed by atoms with Crippen LogP contribution in [0.3, 0.4) is 0 Å². The fourth-order valence-corrected chi connectivity index (χ4v) is 10.1. The molecule has 0 saturated heterocycles. The summed E-state index contributed by atoms with van der Waals surface area (Å²) in [7, 11) is -6.31. The van der Waals surface area contributed by atoms with Gasteiger partial charge in [-0.15, -0.1) is 0 Å². The Morgan fingerprint density at radius 3 is 1.29 bits per heavy atom. The predicted molar refractivity (Wildman–Crippen MR) is 166 cm³/mol. The van der Waals surface area contributed by atoms with E-state index in [2.05, 4.69) is 69.3 Å². The first-order chi connectivity index (χ1) is 20.3. The van der Waals surface area contributed by atoms with E-state index in [0.29, 0.717) is 52.9 Å². The van der Waals surface area contributed by atoms with E-state index >= 15 is 0 Å². The lowest BCUT2D eigenvalue weighted by molar-refractivity contribution is -0.00710. The van der Waals surface area contributed by atoms with Crippen molar-refractivity contribution in [3.63, 3.8) is 0 Å². The van der Waals surface area contributed by atoms with E-state index in [1.54, 1.807) is 18.2 Å². The zero-order valence-corrected chi connectivity index (χ0v) is 26.7. The standard InChI is InChI=1S/C32H44O8SSi/c1-32(2,3)42(30-15-9-5-10-16-30,31-17-11-6-12-18-31)40-28-26-38-24-22-36-20-19-35-21-23-37-25-27-39-41(33,34)29-13-7-4-8-14-29/h4-18H,19-28H2,1-3H3. The van der Waals surface area contributed by atoms with Gasteiger partial charge in [0.25, 0.3) is 18.4 Å². The first-order valence-electron chi connectivity index (χ1n) is 14.3. The van der Waals surface area contributed by atoms with Crippen LogP contribution >= 0.6 is 0 Å². The Hall–Kier alpha value is -2.41. The van der Waals surface area contributed by atoms with Gasteiger partial charge in [0.05, 0.1) is 71.0 Å². The van der Waals surface area contributed by atoms with Gasteiger partial charge >= 0.3 is 0 Å². The van der Waals surface area contributed by atoms with Gasteiger partial charge in [-0.05, 0) is 27.5 Å². The smallest absolute Gasteiger partial charge is 0.297 e. The van der Waals surface area contributed by atoms with Gasteiger partial charge in [0.1, 0.15) is 0 Å². The maximum absolute atomic E-state index is 12.0. The molecule has 0 aliphatic rings. The third-order valence-corrected chi connectivity index (χ3v) is 12.9. The van der Waals surface area contributed by atoms with Crippen molar-refractivity contribution in [2.45, 2.75) is 30.7 Å². The van der Waals surface area contributed by atoms with Gasteiger partial charge < -0.3 is 23.4 Å². The van der Waals surface area contributed by atoms with Crippen LogP contribution in [0.5, 0.6) is 0 Å². The normalized spacial score (nSPS) is 12.5. The van der Waals surface area contributed by atoms with E-state index in [4.69, 9.17) is 27.6 Å². The summed E-state index contributed by atoms with van der Waals surface area (Å²) in [5, 5.41) is 2.43. The number of benzene rings is 3. The summed E-state index contributed by atoms with van der Waals surface area (Å²) >= 11 is 0. The van der Waals surface area contributed by atoms with Crippen molar-refractivity contribution in [3.8, 4) is 0 Å². The lowest BCUT2D eigenvalue weighted by atomic mass is 10.2. The molecule has 0 spiro atoms. The largest absolute Gasteiger partial charge is 0.405 e. The zero-order chi connectivity index (χ0) is 30.2. The zero-order valence-electron chi connectivity index (χ0n) is 24.9. The molecule has 0 amide bonds. The molecule has 0 N–H and O–H groups in total. The molecule has 0 aromatic heterocycles. The highest BCUT2D eigenvalue weighted by Crippen LogP contribution is 2.36. The molecule has 0 atom stereocenters. The highest BCUT2D eigenvalue weighted by molar-refractivity contribution is 7.86. The maximum atomic E-state index is 12.0. The fourth-order valence-electron chi connectivity index (χ4n) is 4.63. The summed E-state index contributed by atoms with van der Waals surface area (Å²) in [6.07, 6.45) is 0. The second-order valence-corrected chi connectivity index (χ2v) is 16.5. The van der Waals surface area contributed by atoms with Crippen LogP contribution in [-0.2, 0) is 37.7 Å². The van der Waals surface area contributed by atoms with Crippen molar-refractivity contribution in [2.75, 3.05) is 66.1 Å². The topological polar surface area (TPSA) is 89.5 Å². The van der Waals surface area contributed by atoms with Crippen molar-refractivity contribution >= 4 is 28.8 Å². The molecule has 8 nitrogen and oxygen atoms in total. The molecule has 0 aliphatic heterocycles. The van der Waals surface area contributed by atoms with Gasteiger partial charge in [0.15, 0.2) is 0 Å². The summed E-state index contributed by atoms with van der Waals surface area (Å²) in [4.78, 5) is 0.127. The Morgan fingerprint density at radius 1 is 0.524 bits per heavy atom. The van der Waals surface area contributed by atoms with Crippen molar-refractivity contribution < 1.29 is 36.0 Å². The quantitative estimate of drug-likeness (QED) is 0.107. The van der Waals surface area contributed by atoms with E-state index in [9.17, 15) is 8.42 Å². The Kier molecular flexibility index (Phi) is 14.3. The Morgan fingerprint density at radius 2 is 0.881 bits per heavy atom. The average Bonchev–Trinajstić information content (AvgIpc) is 2.99. The summed E-state index contributed by atoms with van der Waals surface area (Å²) in [6.45, 7) is 10.4. The van der Waals surface area contributed by atoms with E-state index in [1.165, 1.54) is 22.5 Å². The molecule has 3 aromatic carbocycles. The van der Waals surface area contributed by atoms with Gasteiger partial charge in [0, 0.05) is 0 Å². The lowest BCUT2D eigenvalue weighted by Crippen LogP contribution is -2.66. The molecule has 0 heterocycles. The molecule has 0 fully saturated rings. The Balaban J connectivity index is 1.24. The van der Waals surface area contributed by atoms with Crippen LogP contribution in [0.4, 0.5) is 0 Å². The first-order valence-corrected chi connectivity index (χ1v) is 17.6. The molecule has 0 aliphatic carbocycles. The third kappa shape index (κ3) is 10.4. The summed E-state index contributed by atoms with van der Waals surface area (Å²) < 4.78 is 58.1.